The molecular weight excluding hydrogens is 232 g/mol. The number of carboxylic acids is 1. The fourth-order valence-corrected chi connectivity index (χ4v) is 1.66. The minimum Gasteiger partial charge on any atom is -0.481 e. The molecule has 0 aromatic heterocycles. The highest BCUT2D eigenvalue weighted by atomic mass is 16.4. The lowest BCUT2D eigenvalue weighted by atomic mass is 10.0. The van der Waals surface area contributed by atoms with Crippen LogP contribution in [0, 0.1) is 5.92 Å². The van der Waals surface area contributed by atoms with Gasteiger partial charge in [-0.3, -0.25) is 4.79 Å². The summed E-state index contributed by atoms with van der Waals surface area (Å²) in [4.78, 5) is 22.4. The quantitative estimate of drug-likeness (QED) is 0.625. The molecule has 0 aromatic carbocycles. The van der Waals surface area contributed by atoms with E-state index in [0.717, 1.165) is 19.3 Å². The lowest BCUT2D eigenvalue weighted by Crippen LogP contribution is -2.47. The molecule has 2 atom stereocenters. The van der Waals surface area contributed by atoms with Gasteiger partial charge in [0.15, 0.2) is 0 Å². The lowest BCUT2D eigenvalue weighted by Gasteiger charge is -2.22. The van der Waals surface area contributed by atoms with Crippen LogP contribution in [0.2, 0.25) is 0 Å². The predicted molar refractivity (Wildman–Crippen MR) is 71.5 cm³/mol. The summed E-state index contributed by atoms with van der Waals surface area (Å²) in [5.41, 5.74) is 0. The Morgan fingerprint density at radius 2 is 1.78 bits per heavy atom. The lowest BCUT2D eigenvalue weighted by molar-refractivity contribution is -0.137. The Labute approximate surface area is 109 Å². The Balaban J connectivity index is 4.13. The molecule has 0 saturated carbocycles. The third-order valence-electron chi connectivity index (χ3n) is 2.88. The first-order chi connectivity index (χ1) is 8.36. The van der Waals surface area contributed by atoms with Gasteiger partial charge in [0.25, 0.3) is 0 Å². The van der Waals surface area contributed by atoms with E-state index in [9.17, 15) is 9.59 Å². The van der Waals surface area contributed by atoms with E-state index in [-0.39, 0.29) is 30.5 Å². The number of nitrogens with one attached hydrogen (secondary N) is 2. The van der Waals surface area contributed by atoms with E-state index < -0.39 is 5.97 Å². The summed E-state index contributed by atoms with van der Waals surface area (Å²) >= 11 is 0. The first kappa shape index (κ1) is 16.7. The number of hydrogen-bond acceptors (Lipinski definition) is 2. The van der Waals surface area contributed by atoms with E-state index in [0.29, 0.717) is 0 Å². The molecule has 106 valence electrons. The third-order valence-corrected chi connectivity index (χ3v) is 2.88. The summed E-state index contributed by atoms with van der Waals surface area (Å²) in [7, 11) is 0. The molecule has 0 heterocycles. The molecule has 5 nitrogen and oxygen atoms in total. The van der Waals surface area contributed by atoms with Gasteiger partial charge in [0.2, 0.25) is 0 Å². The van der Waals surface area contributed by atoms with E-state index >= 15 is 0 Å². The maximum absolute atomic E-state index is 11.7. The largest absolute Gasteiger partial charge is 0.481 e. The smallest absolute Gasteiger partial charge is 0.315 e. The molecular formula is C13H26N2O3. The second-order valence-electron chi connectivity index (χ2n) is 5.11. The number of unbranched alkanes of at least 4 members (excludes halogenated alkanes) is 1. The standard InChI is InChI=1S/C13H26N2O3/c1-5-6-7-10(4)14-13(18)15-11(9(2)3)8-12(16)17/h9-11H,5-8H2,1-4H3,(H,16,17)(H2,14,15,18). The van der Waals surface area contributed by atoms with Crippen molar-refractivity contribution in [1.82, 2.24) is 10.6 Å². The van der Waals surface area contributed by atoms with Crippen molar-refractivity contribution in [3.05, 3.63) is 0 Å². The molecule has 0 rings (SSSR count). The molecule has 0 aromatic rings. The molecule has 2 amide bonds. The van der Waals surface area contributed by atoms with Gasteiger partial charge < -0.3 is 15.7 Å². The minimum absolute atomic E-state index is 0.0472. The topological polar surface area (TPSA) is 78.4 Å². The van der Waals surface area contributed by atoms with Crippen molar-refractivity contribution in [2.75, 3.05) is 0 Å². The summed E-state index contributed by atoms with van der Waals surface area (Å²) in [5, 5.41) is 14.3. The van der Waals surface area contributed by atoms with Crippen molar-refractivity contribution in [1.29, 1.82) is 0 Å². The number of rotatable bonds is 8. The average molecular weight is 258 g/mol. The fraction of sp³-hybridized carbons (Fsp3) is 0.846. The Hall–Kier alpha value is -1.26. The maximum atomic E-state index is 11.7. The van der Waals surface area contributed by atoms with Crippen molar-refractivity contribution in [3.63, 3.8) is 0 Å². The van der Waals surface area contributed by atoms with Crippen LogP contribution in [-0.2, 0) is 4.79 Å². The van der Waals surface area contributed by atoms with Crippen LogP contribution in [0.3, 0.4) is 0 Å². The highest BCUT2D eigenvalue weighted by molar-refractivity contribution is 5.76. The van der Waals surface area contributed by atoms with Crippen molar-refractivity contribution in [3.8, 4) is 0 Å². The van der Waals surface area contributed by atoms with Crippen LogP contribution in [0.15, 0.2) is 0 Å². The molecule has 5 heteroatoms. The summed E-state index contributed by atoms with van der Waals surface area (Å²) in [5.74, 6) is -0.800. The molecule has 0 aliphatic carbocycles. The normalized spacial score (nSPS) is 14.1. The van der Waals surface area contributed by atoms with Gasteiger partial charge in [-0.15, -0.1) is 0 Å². The molecule has 2 unspecified atom stereocenters. The summed E-state index contributed by atoms with van der Waals surface area (Å²) in [6, 6.07) is -0.498. The molecule has 0 fully saturated rings. The van der Waals surface area contributed by atoms with Crippen LogP contribution in [0.5, 0.6) is 0 Å². The van der Waals surface area contributed by atoms with Crippen LogP contribution in [0.1, 0.15) is 53.4 Å². The minimum atomic E-state index is -0.895. The Kier molecular flexibility index (Phi) is 8.16. The van der Waals surface area contributed by atoms with E-state index in [1.807, 2.05) is 20.8 Å². The van der Waals surface area contributed by atoms with E-state index in [4.69, 9.17) is 5.11 Å². The number of amides is 2. The fourth-order valence-electron chi connectivity index (χ4n) is 1.66. The summed E-state index contributed by atoms with van der Waals surface area (Å²) < 4.78 is 0. The molecule has 0 bridgehead atoms. The average Bonchev–Trinajstić information content (AvgIpc) is 2.24. The third kappa shape index (κ3) is 7.92. The summed E-state index contributed by atoms with van der Waals surface area (Å²) in [6.45, 7) is 7.86. The summed E-state index contributed by atoms with van der Waals surface area (Å²) in [6.07, 6.45) is 3.06. The van der Waals surface area contributed by atoms with Gasteiger partial charge in [0.05, 0.1) is 6.42 Å². The SMILES string of the molecule is CCCCC(C)NC(=O)NC(CC(=O)O)C(C)C. The van der Waals surface area contributed by atoms with Gasteiger partial charge in [-0.25, -0.2) is 4.79 Å². The molecule has 0 radical (unpaired) electrons. The Morgan fingerprint density at radius 1 is 1.17 bits per heavy atom. The molecule has 0 aliphatic rings. The first-order valence-corrected chi connectivity index (χ1v) is 6.65. The molecule has 18 heavy (non-hydrogen) atoms. The number of carbonyl (C=O) groups excluding carboxylic acids is 1. The highest BCUT2D eigenvalue weighted by Crippen LogP contribution is 2.06. The van der Waals surface area contributed by atoms with Crippen LogP contribution < -0.4 is 10.6 Å². The van der Waals surface area contributed by atoms with Crippen LogP contribution >= 0.6 is 0 Å². The number of urea groups is 1. The van der Waals surface area contributed by atoms with Crippen molar-refractivity contribution < 1.29 is 14.7 Å². The number of aliphatic carboxylic acids is 1. The van der Waals surface area contributed by atoms with Gasteiger partial charge in [-0.2, -0.15) is 0 Å². The zero-order chi connectivity index (χ0) is 14.1. The monoisotopic (exact) mass is 258 g/mol. The first-order valence-electron chi connectivity index (χ1n) is 6.65. The van der Waals surface area contributed by atoms with Gasteiger partial charge in [-0.1, -0.05) is 33.6 Å². The van der Waals surface area contributed by atoms with Crippen LogP contribution in [0.25, 0.3) is 0 Å². The van der Waals surface area contributed by atoms with Crippen LogP contribution in [0.4, 0.5) is 4.79 Å². The predicted octanol–water partition coefficient (Wildman–Crippen LogP) is 2.36. The van der Waals surface area contributed by atoms with Gasteiger partial charge in [0.1, 0.15) is 0 Å². The Morgan fingerprint density at radius 3 is 2.22 bits per heavy atom. The van der Waals surface area contributed by atoms with E-state index in [2.05, 4.69) is 17.6 Å². The number of carbonyl (C=O) groups is 2. The maximum Gasteiger partial charge on any atom is 0.315 e. The van der Waals surface area contributed by atoms with Gasteiger partial charge in [0, 0.05) is 12.1 Å². The Bertz CT molecular complexity index is 267. The van der Waals surface area contributed by atoms with Crippen molar-refractivity contribution in [2.24, 2.45) is 5.92 Å². The molecule has 0 spiro atoms. The number of carboxylic acid groups (broad SMARTS) is 1. The van der Waals surface area contributed by atoms with Gasteiger partial charge in [-0.05, 0) is 19.3 Å². The number of hydrogen-bond donors (Lipinski definition) is 3. The van der Waals surface area contributed by atoms with Gasteiger partial charge >= 0.3 is 12.0 Å². The van der Waals surface area contributed by atoms with Crippen molar-refractivity contribution in [2.45, 2.75) is 65.5 Å². The molecule has 3 N–H and O–H groups in total. The van der Waals surface area contributed by atoms with Crippen molar-refractivity contribution >= 4 is 12.0 Å². The zero-order valence-corrected chi connectivity index (χ0v) is 11.8. The van der Waals surface area contributed by atoms with Crippen LogP contribution in [-0.4, -0.2) is 29.2 Å². The molecule has 0 aliphatic heterocycles. The van der Waals surface area contributed by atoms with E-state index in [1.54, 1.807) is 0 Å². The zero-order valence-electron chi connectivity index (χ0n) is 11.8. The van der Waals surface area contributed by atoms with E-state index in [1.165, 1.54) is 0 Å². The second kappa shape index (κ2) is 8.78. The second-order valence-corrected chi connectivity index (χ2v) is 5.11. The highest BCUT2D eigenvalue weighted by Gasteiger charge is 2.19. The molecule has 0 saturated heterocycles.